The molecule has 0 bridgehead atoms. The van der Waals surface area contributed by atoms with Crippen LogP contribution in [0.2, 0.25) is 0 Å². The van der Waals surface area contributed by atoms with Crippen molar-refractivity contribution in [2.45, 2.75) is 45.1 Å². The molecule has 1 fully saturated rings. The molecule has 3 N–H and O–H groups in total. The van der Waals surface area contributed by atoms with Crippen molar-refractivity contribution < 1.29 is 14.6 Å². The molecule has 1 heterocycles. The van der Waals surface area contributed by atoms with E-state index in [1.54, 1.807) is 0 Å². The summed E-state index contributed by atoms with van der Waals surface area (Å²) in [7, 11) is 0. The Labute approximate surface area is 126 Å². The molecule has 0 radical (unpaired) electrons. The molecule has 3 rings (SSSR count). The molecule has 0 spiro atoms. The van der Waals surface area contributed by atoms with E-state index in [1.807, 2.05) is 18.2 Å². The lowest BCUT2D eigenvalue weighted by atomic mass is 9.64. The summed E-state index contributed by atoms with van der Waals surface area (Å²) in [4.78, 5) is 0. The number of aliphatic hydroxyl groups is 1. The first kappa shape index (κ1) is 14.7. The molecule has 0 aromatic heterocycles. The summed E-state index contributed by atoms with van der Waals surface area (Å²) >= 11 is 0. The molecule has 116 valence electrons. The van der Waals surface area contributed by atoms with Gasteiger partial charge in [0, 0.05) is 12.0 Å². The second kappa shape index (κ2) is 5.85. The van der Waals surface area contributed by atoms with Crippen molar-refractivity contribution >= 4 is 0 Å². The summed E-state index contributed by atoms with van der Waals surface area (Å²) in [6.45, 7) is 3.01. The third-order valence-electron chi connectivity index (χ3n) is 5.26. The molecule has 2 aliphatic rings. The molecule has 3 atom stereocenters. The summed E-state index contributed by atoms with van der Waals surface area (Å²) in [6.07, 6.45) is 5.04. The molecule has 1 aliphatic heterocycles. The monoisotopic (exact) mass is 291 g/mol. The van der Waals surface area contributed by atoms with Crippen LogP contribution in [0.5, 0.6) is 11.5 Å². The van der Waals surface area contributed by atoms with Crippen molar-refractivity contribution in [2.24, 2.45) is 17.1 Å². The zero-order valence-corrected chi connectivity index (χ0v) is 12.7. The SMILES string of the molecule is CCC1CCCC(CN)(C(O)c2ccc3c(c2)OCO3)C1. The standard InChI is InChI=1S/C17H25NO3/c1-2-12-4-3-7-17(9-12,10-18)16(19)13-5-6-14-15(8-13)21-11-20-14/h5-6,8,12,16,19H,2-4,7,9-11,18H2,1H3. The Balaban J connectivity index is 1.86. The molecular weight excluding hydrogens is 266 g/mol. The first-order valence-corrected chi connectivity index (χ1v) is 7.96. The normalized spacial score (nSPS) is 29.4. The predicted octanol–water partition coefficient (Wildman–Crippen LogP) is 2.99. The van der Waals surface area contributed by atoms with E-state index >= 15 is 0 Å². The lowest BCUT2D eigenvalue weighted by Gasteiger charge is -2.43. The largest absolute Gasteiger partial charge is 0.454 e. The maximum absolute atomic E-state index is 11.0. The Morgan fingerprint density at radius 2 is 2.19 bits per heavy atom. The Kier molecular flexibility index (Phi) is 4.09. The first-order valence-electron chi connectivity index (χ1n) is 7.96. The number of nitrogens with two attached hydrogens (primary N) is 1. The van der Waals surface area contributed by atoms with Crippen LogP contribution in [0.4, 0.5) is 0 Å². The van der Waals surface area contributed by atoms with Crippen LogP contribution in [-0.2, 0) is 0 Å². The summed E-state index contributed by atoms with van der Waals surface area (Å²) in [5.41, 5.74) is 6.78. The van der Waals surface area contributed by atoms with Crippen molar-refractivity contribution in [1.29, 1.82) is 0 Å². The minimum atomic E-state index is -0.536. The highest BCUT2D eigenvalue weighted by molar-refractivity contribution is 5.45. The van der Waals surface area contributed by atoms with E-state index in [1.165, 1.54) is 6.42 Å². The molecule has 21 heavy (non-hydrogen) atoms. The minimum absolute atomic E-state index is 0.202. The van der Waals surface area contributed by atoms with Gasteiger partial charge in [-0.2, -0.15) is 0 Å². The van der Waals surface area contributed by atoms with Crippen molar-refractivity contribution in [1.82, 2.24) is 0 Å². The fourth-order valence-electron chi connectivity index (χ4n) is 3.85. The van der Waals surface area contributed by atoms with Crippen molar-refractivity contribution in [3.05, 3.63) is 23.8 Å². The number of ether oxygens (including phenoxy) is 2. The van der Waals surface area contributed by atoms with Crippen molar-refractivity contribution in [2.75, 3.05) is 13.3 Å². The molecule has 3 unspecified atom stereocenters. The fraction of sp³-hybridized carbons (Fsp3) is 0.647. The Morgan fingerprint density at radius 1 is 1.38 bits per heavy atom. The van der Waals surface area contributed by atoms with Crippen LogP contribution in [-0.4, -0.2) is 18.4 Å². The van der Waals surface area contributed by atoms with Crippen LogP contribution in [0.15, 0.2) is 18.2 Å². The third-order valence-corrected chi connectivity index (χ3v) is 5.26. The van der Waals surface area contributed by atoms with E-state index in [0.29, 0.717) is 12.5 Å². The highest BCUT2D eigenvalue weighted by Crippen LogP contribution is 2.49. The molecule has 1 aromatic carbocycles. The molecule has 1 aromatic rings. The summed E-state index contributed by atoms with van der Waals surface area (Å²) < 4.78 is 10.8. The maximum Gasteiger partial charge on any atom is 0.231 e. The van der Waals surface area contributed by atoms with Crippen molar-refractivity contribution in [3.63, 3.8) is 0 Å². The van der Waals surface area contributed by atoms with Crippen LogP contribution in [0.3, 0.4) is 0 Å². The van der Waals surface area contributed by atoms with Crippen molar-refractivity contribution in [3.8, 4) is 11.5 Å². The second-order valence-corrected chi connectivity index (χ2v) is 6.45. The van der Waals surface area contributed by atoms with E-state index in [-0.39, 0.29) is 12.2 Å². The smallest absolute Gasteiger partial charge is 0.231 e. The van der Waals surface area contributed by atoms with E-state index in [2.05, 4.69) is 6.92 Å². The van der Waals surface area contributed by atoms with Gasteiger partial charge >= 0.3 is 0 Å². The van der Waals surface area contributed by atoms with Gasteiger partial charge in [0.2, 0.25) is 6.79 Å². The highest BCUT2D eigenvalue weighted by Gasteiger charge is 2.41. The number of rotatable bonds is 4. The van der Waals surface area contributed by atoms with Gasteiger partial charge in [-0.3, -0.25) is 0 Å². The number of benzene rings is 1. The molecule has 4 nitrogen and oxygen atoms in total. The van der Waals surface area contributed by atoms with Gasteiger partial charge in [0.25, 0.3) is 0 Å². The van der Waals surface area contributed by atoms with E-state index in [0.717, 1.165) is 42.7 Å². The number of hydrogen-bond donors (Lipinski definition) is 2. The van der Waals surface area contributed by atoms with Crippen LogP contribution in [0, 0.1) is 11.3 Å². The van der Waals surface area contributed by atoms with E-state index < -0.39 is 6.10 Å². The van der Waals surface area contributed by atoms with Gasteiger partial charge in [0.1, 0.15) is 0 Å². The van der Waals surface area contributed by atoms with E-state index in [9.17, 15) is 5.11 Å². The Morgan fingerprint density at radius 3 is 2.95 bits per heavy atom. The zero-order chi connectivity index (χ0) is 14.9. The van der Waals surface area contributed by atoms with Gasteiger partial charge in [0.05, 0.1) is 6.10 Å². The first-order chi connectivity index (χ1) is 10.2. The van der Waals surface area contributed by atoms with Crippen LogP contribution in [0.1, 0.15) is 50.7 Å². The second-order valence-electron chi connectivity index (χ2n) is 6.45. The minimum Gasteiger partial charge on any atom is -0.454 e. The van der Waals surface area contributed by atoms with Gasteiger partial charge in [-0.15, -0.1) is 0 Å². The quantitative estimate of drug-likeness (QED) is 0.895. The Hall–Kier alpha value is -1.26. The highest BCUT2D eigenvalue weighted by atomic mass is 16.7. The molecule has 1 saturated carbocycles. The summed E-state index contributed by atoms with van der Waals surface area (Å²) in [5, 5.41) is 11.0. The fourth-order valence-corrected chi connectivity index (χ4v) is 3.85. The zero-order valence-electron chi connectivity index (χ0n) is 12.7. The van der Waals surface area contributed by atoms with Gasteiger partial charge < -0.3 is 20.3 Å². The molecule has 1 aliphatic carbocycles. The number of hydrogen-bond acceptors (Lipinski definition) is 4. The summed E-state index contributed by atoms with van der Waals surface area (Å²) in [6, 6.07) is 5.72. The lowest BCUT2D eigenvalue weighted by molar-refractivity contribution is -0.0162. The average Bonchev–Trinajstić information content (AvgIpc) is 3.01. The maximum atomic E-state index is 11.0. The Bertz CT molecular complexity index is 505. The molecule has 0 amide bonds. The summed E-state index contributed by atoms with van der Waals surface area (Å²) in [5.74, 6) is 2.15. The lowest BCUT2D eigenvalue weighted by Crippen LogP contribution is -2.41. The van der Waals surface area contributed by atoms with Gasteiger partial charge in [-0.1, -0.05) is 32.3 Å². The number of aliphatic hydroxyl groups excluding tert-OH is 1. The van der Waals surface area contributed by atoms with Crippen LogP contribution >= 0.6 is 0 Å². The van der Waals surface area contributed by atoms with E-state index in [4.69, 9.17) is 15.2 Å². The average molecular weight is 291 g/mol. The number of fused-ring (bicyclic) bond motifs is 1. The third kappa shape index (κ3) is 2.62. The topological polar surface area (TPSA) is 64.7 Å². The van der Waals surface area contributed by atoms with Gasteiger partial charge in [0.15, 0.2) is 11.5 Å². The van der Waals surface area contributed by atoms with Crippen LogP contribution < -0.4 is 15.2 Å². The van der Waals surface area contributed by atoms with Gasteiger partial charge in [-0.25, -0.2) is 0 Å². The van der Waals surface area contributed by atoms with Gasteiger partial charge in [-0.05, 0) is 36.5 Å². The van der Waals surface area contributed by atoms with Crippen LogP contribution in [0.25, 0.3) is 0 Å². The molecule has 4 heteroatoms. The predicted molar refractivity (Wildman–Crippen MR) is 81.3 cm³/mol. The molecule has 0 saturated heterocycles. The molecular formula is C17H25NO3.